The minimum atomic E-state index is -0.754. The Balaban J connectivity index is 1.80. The first-order valence-electron chi connectivity index (χ1n) is 7.62. The van der Waals surface area contributed by atoms with E-state index in [1.54, 1.807) is 24.0 Å². The number of para-hydroxylation sites is 1. The molecule has 2 aromatic rings. The van der Waals surface area contributed by atoms with Gasteiger partial charge < -0.3 is 15.4 Å². The van der Waals surface area contributed by atoms with Crippen LogP contribution in [-0.4, -0.2) is 24.5 Å². The molecule has 0 saturated carbocycles. The summed E-state index contributed by atoms with van der Waals surface area (Å²) in [6.45, 7) is 2.28. The summed E-state index contributed by atoms with van der Waals surface area (Å²) in [5, 5.41) is 0.378. The third kappa shape index (κ3) is 3.08. The van der Waals surface area contributed by atoms with Gasteiger partial charge in [0.1, 0.15) is 5.75 Å². The molecule has 2 aromatic carbocycles. The first kappa shape index (κ1) is 16.3. The summed E-state index contributed by atoms with van der Waals surface area (Å²) in [4.78, 5) is 26.0. The number of halogens is 1. The molecule has 1 atom stereocenters. The van der Waals surface area contributed by atoms with Gasteiger partial charge in [-0.15, -0.1) is 0 Å². The van der Waals surface area contributed by atoms with Gasteiger partial charge in [-0.05, 0) is 43.2 Å². The zero-order chi connectivity index (χ0) is 17.3. The van der Waals surface area contributed by atoms with Crippen LogP contribution in [-0.2, 0) is 11.2 Å². The van der Waals surface area contributed by atoms with E-state index in [9.17, 15) is 9.59 Å². The molecule has 2 N–H and O–H groups in total. The Labute approximate surface area is 145 Å². The molecule has 0 bridgehead atoms. The molecule has 124 valence electrons. The Morgan fingerprint density at radius 3 is 2.75 bits per heavy atom. The maximum atomic E-state index is 12.7. The van der Waals surface area contributed by atoms with Crippen LogP contribution in [0.1, 0.15) is 22.8 Å². The third-order valence-corrected chi connectivity index (χ3v) is 4.25. The van der Waals surface area contributed by atoms with Crippen molar-refractivity contribution in [3.63, 3.8) is 0 Å². The van der Waals surface area contributed by atoms with Gasteiger partial charge in [-0.2, -0.15) is 0 Å². The van der Waals surface area contributed by atoms with Crippen molar-refractivity contribution in [3.05, 3.63) is 58.6 Å². The summed E-state index contributed by atoms with van der Waals surface area (Å²) in [6, 6.07) is 12.4. The molecule has 2 amide bonds. The molecule has 24 heavy (non-hydrogen) atoms. The van der Waals surface area contributed by atoms with Gasteiger partial charge in [0, 0.05) is 17.3 Å². The molecule has 1 aliphatic rings. The van der Waals surface area contributed by atoms with Crippen molar-refractivity contribution in [2.75, 3.05) is 11.4 Å². The standard InChI is InChI=1S/C18H17ClN2O3/c1-11(24-16-7-6-13(19)10-14(16)17(20)22)18(23)21-9-8-12-4-2-3-5-15(12)21/h2-7,10-11H,8-9H2,1H3,(H2,20,22)/t11-/m0/s1. The van der Waals surface area contributed by atoms with Crippen LogP contribution in [0.3, 0.4) is 0 Å². The number of carbonyl (C=O) groups is 2. The van der Waals surface area contributed by atoms with Gasteiger partial charge in [-0.3, -0.25) is 9.59 Å². The normalized spacial score (nSPS) is 14.2. The summed E-state index contributed by atoms with van der Waals surface area (Å²) in [5.74, 6) is -0.566. The number of benzene rings is 2. The molecular weight excluding hydrogens is 328 g/mol. The molecular formula is C18H17ClN2O3. The summed E-state index contributed by atoms with van der Waals surface area (Å²) in [5.41, 5.74) is 7.55. The molecule has 5 nitrogen and oxygen atoms in total. The minimum Gasteiger partial charge on any atom is -0.480 e. The average molecular weight is 345 g/mol. The number of hydrogen-bond acceptors (Lipinski definition) is 3. The molecule has 0 fully saturated rings. The molecule has 0 radical (unpaired) electrons. The van der Waals surface area contributed by atoms with Gasteiger partial charge in [0.05, 0.1) is 5.56 Å². The number of primary amides is 1. The van der Waals surface area contributed by atoms with Crippen molar-refractivity contribution < 1.29 is 14.3 Å². The zero-order valence-electron chi connectivity index (χ0n) is 13.2. The number of nitrogens with two attached hydrogens (primary N) is 1. The van der Waals surface area contributed by atoms with Gasteiger partial charge >= 0.3 is 0 Å². The quantitative estimate of drug-likeness (QED) is 0.926. The zero-order valence-corrected chi connectivity index (χ0v) is 13.9. The maximum Gasteiger partial charge on any atom is 0.267 e. The van der Waals surface area contributed by atoms with Crippen LogP contribution in [0, 0.1) is 0 Å². The van der Waals surface area contributed by atoms with Gasteiger partial charge in [0.2, 0.25) is 0 Å². The molecule has 0 saturated heterocycles. The Hall–Kier alpha value is -2.53. The highest BCUT2D eigenvalue weighted by Crippen LogP contribution is 2.29. The van der Waals surface area contributed by atoms with Gasteiger partial charge in [-0.1, -0.05) is 29.8 Å². The lowest BCUT2D eigenvalue weighted by Crippen LogP contribution is -2.39. The number of rotatable bonds is 4. The summed E-state index contributed by atoms with van der Waals surface area (Å²) < 4.78 is 5.70. The Bertz CT molecular complexity index is 807. The van der Waals surface area contributed by atoms with E-state index in [1.165, 1.54) is 6.07 Å². The molecule has 6 heteroatoms. The molecule has 0 spiro atoms. The number of fused-ring (bicyclic) bond motifs is 1. The lowest BCUT2D eigenvalue weighted by molar-refractivity contribution is -0.124. The molecule has 0 unspecified atom stereocenters. The van der Waals surface area contributed by atoms with Gasteiger partial charge in [0.15, 0.2) is 6.10 Å². The topological polar surface area (TPSA) is 72.6 Å². The average Bonchev–Trinajstić information content (AvgIpc) is 2.99. The second-order valence-electron chi connectivity index (χ2n) is 5.63. The summed E-state index contributed by atoms with van der Waals surface area (Å²) in [7, 11) is 0. The highest BCUT2D eigenvalue weighted by molar-refractivity contribution is 6.31. The monoisotopic (exact) mass is 344 g/mol. The largest absolute Gasteiger partial charge is 0.480 e. The second-order valence-corrected chi connectivity index (χ2v) is 6.07. The number of amides is 2. The molecule has 3 rings (SSSR count). The SMILES string of the molecule is C[C@H](Oc1ccc(Cl)cc1C(N)=O)C(=O)N1CCc2ccccc21. The number of ether oxygens (including phenoxy) is 1. The van der Waals surface area contributed by atoms with Crippen LogP contribution in [0.25, 0.3) is 0 Å². The van der Waals surface area contributed by atoms with Crippen molar-refractivity contribution in [1.82, 2.24) is 0 Å². The highest BCUT2D eigenvalue weighted by Gasteiger charge is 2.29. The number of carbonyl (C=O) groups excluding carboxylic acids is 2. The van der Waals surface area contributed by atoms with E-state index in [1.807, 2.05) is 24.3 Å². The van der Waals surface area contributed by atoms with E-state index >= 15 is 0 Å². The van der Waals surface area contributed by atoms with E-state index in [4.69, 9.17) is 22.1 Å². The minimum absolute atomic E-state index is 0.156. The van der Waals surface area contributed by atoms with Crippen molar-refractivity contribution in [3.8, 4) is 5.75 Å². The fraction of sp³-hybridized carbons (Fsp3) is 0.222. The number of hydrogen-bond donors (Lipinski definition) is 1. The predicted octanol–water partition coefficient (Wildman–Crippen LogP) is 2.80. The second kappa shape index (κ2) is 6.53. The molecule has 0 aromatic heterocycles. The summed E-state index contributed by atoms with van der Waals surface area (Å²) in [6.07, 6.45) is 0.0673. The van der Waals surface area contributed by atoms with Crippen LogP contribution >= 0.6 is 11.6 Å². The van der Waals surface area contributed by atoms with Crippen LogP contribution < -0.4 is 15.4 Å². The van der Waals surface area contributed by atoms with Crippen LogP contribution in [0.2, 0.25) is 5.02 Å². The fourth-order valence-corrected chi connectivity index (χ4v) is 3.00. The number of nitrogens with zero attached hydrogens (tertiary/aromatic N) is 1. The van der Waals surface area contributed by atoms with Crippen LogP contribution in [0.15, 0.2) is 42.5 Å². The first-order valence-corrected chi connectivity index (χ1v) is 8.00. The smallest absolute Gasteiger partial charge is 0.267 e. The lowest BCUT2D eigenvalue weighted by Gasteiger charge is -2.23. The van der Waals surface area contributed by atoms with E-state index < -0.39 is 12.0 Å². The Kier molecular flexibility index (Phi) is 4.44. The lowest BCUT2D eigenvalue weighted by atomic mass is 10.2. The molecule has 1 aliphatic heterocycles. The molecule has 1 heterocycles. The van der Waals surface area contributed by atoms with Crippen molar-refractivity contribution >= 4 is 29.1 Å². The fourth-order valence-electron chi connectivity index (χ4n) is 2.83. The van der Waals surface area contributed by atoms with Crippen molar-refractivity contribution in [2.24, 2.45) is 5.73 Å². The Morgan fingerprint density at radius 2 is 2.00 bits per heavy atom. The third-order valence-electron chi connectivity index (χ3n) is 4.01. The van der Waals surface area contributed by atoms with E-state index in [0.29, 0.717) is 11.6 Å². The van der Waals surface area contributed by atoms with E-state index in [0.717, 1.165) is 17.7 Å². The Morgan fingerprint density at radius 1 is 1.25 bits per heavy atom. The first-order chi connectivity index (χ1) is 11.5. The highest BCUT2D eigenvalue weighted by atomic mass is 35.5. The molecule has 0 aliphatic carbocycles. The van der Waals surface area contributed by atoms with Crippen LogP contribution in [0.5, 0.6) is 5.75 Å². The number of anilines is 1. The van der Waals surface area contributed by atoms with E-state index in [-0.39, 0.29) is 17.2 Å². The van der Waals surface area contributed by atoms with E-state index in [2.05, 4.69) is 0 Å². The predicted molar refractivity (Wildman–Crippen MR) is 92.6 cm³/mol. The van der Waals surface area contributed by atoms with Crippen molar-refractivity contribution in [1.29, 1.82) is 0 Å². The van der Waals surface area contributed by atoms with Gasteiger partial charge in [-0.25, -0.2) is 0 Å². The van der Waals surface area contributed by atoms with Gasteiger partial charge in [0.25, 0.3) is 11.8 Å². The summed E-state index contributed by atoms with van der Waals surface area (Å²) >= 11 is 5.88. The maximum absolute atomic E-state index is 12.7. The van der Waals surface area contributed by atoms with Crippen LogP contribution in [0.4, 0.5) is 5.69 Å². The van der Waals surface area contributed by atoms with Crippen molar-refractivity contribution in [2.45, 2.75) is 19.4 Å².